The number of nitrogens with zero attached hydrogens (tertiary/aromatic N) is 2. The van der Waals surface area contributed by atoms with Gasteiger partial charge in [-0.05, 0) is 19.4 Å². The molecule has 118 valence electrons. The molecule has 1 aliphatic heterocycles. The summed E-state index contributed by atoms with van der Waals surface area (Å²) >= 11 is 0. The minimum atomic E-state index is -3.80. The molecule has 1 fully saturated rings. The lowest BCUT2D eigenvalue weighted by molar-refractivity contribution is 0.154. The Morgan fingerprint density at radius 1 is 1.35 bits per heavy atom. The molecule has 0 bridgehead atoms. The van der Waals surface area contributed by atoms with E-state index in [0.29, 0.717) is 38.6 Å². The predicted molar refractivity (Wildman–Crippen MR) is 75.3 cm³/mol. The van der Waals surface area contributed by atoms with Crippen molar-refractivity contribution in [2.45, 2.75) is 13.8 Å². The number of hydrogen-bond acceptors (Lipinski definition) is 6. The van der Waals surface area contributed by atoms with Gasteiger partial charge in [-0.25, -0.2) is 9.52 Å². The lowest BCUT2D eigenvalue weighted by Crippen LogP contribution is -2.53. The first-order valence-electron chi connectivity index (χ1n) is 6.76. The highest BCUT2D eigenvalue weighted by Gasteiger charge is 2.28. The molecule has 0 radical (unpaired) electrons. The highest BCUT2D eigenvalue weighted by molar-refractivity contribution is 7.87. The number of nitrogens with two attached hydrogens (primary N) is 1. The second-order valence-corrected chi connectivity index (χ2v) is 6.54. The van der Waals surface area contributed by atoms with Crippen molar-refractivity contribution >= 4 is 16.3 Å². The van der Waals surface area contributed by atoms with Crippen LogP contribution < -0.4 is 10.5 Å². The summed E-state index contributed by atoms with van der Waals surface area (Å²) in [5, 5.41) is 0. The zero-order valence-corrected chi connectivity index (χ0v) is 12.9. The van der Waals surface area contributed by atoms with Crippen molar-refractivity contribution in [1.29, 1.82) is 0 Å². The molecule has 1 atom stereocenters. The van der Waals surface area contributed by atoms with E-state index < -0.39 is 16.3 Å². The van der Waals surface area contributed by atoms with Crippen molar-refractivity contribution in [2.24, 2.45) is 11.7 Å². The molecule has 0 aliphatic carbocycles. The van der Waals surface area contributed by atoms with Crippen LogP contribution in [-0.4, -0.2) is 69.6 Å². The molecule has 20 heavy (non-hydrogen) atoms. The van der Waals surface area contributed by atoms with Crippen molar-refractivity contribution in [3.05, 3.63) is 0 Å². The van der Waals surface area contributed by atoms with Crippen molar-refractivity contribution < 1.29 is 17.9 Å². The van der Waals surface area contributed by atoms with Gasteiger partial charge >= 0.3 is 16.3 Å². The Balaban J connectivity index is 2.45. The van der Waals surface area contributed by atoms with E-state index >= 15 is 0 Å². The summed E-state index contributed by atoms with van der Waals surface area (Å²) in [6.45, 7) is 7.25. The van der Waals surface area contributed by atoms with Crippen LogP contribution >= 0.6 is 0 Å². The molecule has 0 spiro atoms. The minimum Gasteiger partial charge on any atom is -0.449 e. The van der Waals surface area contributed by atoms with E-state index in [2.05, 4.69) is 16.6 Å². The molecule has 1 heterocycles. The molecule has 8 nitrogen and oxygen atoms in total. The average molecular weight is 308 g/mol. The molecular weight excluding hydrogens is 284 g/mol. The third-order valence-corrected chi connectivity index (χ3v) is 4.60. The second kappa shape index (κ2) is 7.77. The first-order chi connectivity index (χ1) is 9.39. The van der Waals surface area contributed by atoms with Gasteiger partial charge in [0, 0.05) is 32.7 Å². The summed E-state index contributed by atoms with van der Waals surface area (Å²) in [5.74, 6) is 0.385. The minimum absolute atomic E-state index is 0.131. The number of carbonyl (C=O) groups excluding carboxylic acids is 1. The fourth-order valence-electron chi connectivity index (χ4n) is 2.00. The van der Waals surface area contributed by atoms with Crippen LogP contribution in [0.5, 0.6) is 0 Å². The number of carbonyl (C=O) groups is 1. The number of ether oxygens (including phenoxy) is 1. The van der Waals surface area contributed by atoms with Gasteiger partial charge in [0.05, 0.1) is 6.61 Å². The average Bonchev–Trinajstić information content (AvgIpc) is 2.38. The quantitative estimate of drug-likeness (QED) is 0.665. The van der Waals surface area contributed by atoms with E-state index in [4.69, 9.17) is 5.73 Å². The van der Waals surface area contributed by atoms with Crippen LogP contribution in [0.25, 0.3) is 0 Å². The Morgan fingerprint density at radius 2 is 1.95 bits per heavy atom. The van der Waals surface area contributed by atoms with E-state index in [9.17, 15) is 13.2 Å². The van der Waals surface area contributed by atoms with Gasteiger partial charge in [-0.2, -0.15) is 12.7 Å². The van der Waals surface area contributed by atoms with E-state index in [1.54, 1.807) is 6.92 Å². The van der Waals surface area contributed by atoms with Crippen LogP contribution in [0.2, 0.25) is 0 Å². The molecule has 1 amide bonds. The Morgan fingerprint density at radius 3 is 2.45 bits per heavy atom. The SMILES string of the molecule is CCOC(=O)NS(=O)(=O)N1CCN(CC(C)CN)CC1. The van der Waals surface area contributed by atoms with Crippen LogP contribution in [-0.2, 0) is 14.9 Å². The molecule has 0 saturated carbocycles. The van der Waals surface area contributed by atoms with Crippen LogP contribution in [0.1, 0.15) is 13.8 Å². The lowest BCUT2D eigenvalue weighted by atomic mass is 10.1. The Labute approximate surface area is 120 Å². The number of hydrogen-bond donors (Lipinski definition) is 2. The highest BCUT2D eigenvalue weighted by atomic mass is 32.2. The first kappa shape index (κ1) is 17.2. The molecule has 1 rings (SSSR count). The highest BCUT2D eigenvalue weighted by Crippen LogP contribution is 2.08. The molecule has 0 aromatic rings. The van der Waals surface area contributed by atoms with Gasteiger partial charge in [0.1, 0.15) is 0 Å². The number of rotatable bonds is 6. The molecule has 0 aromatic heterocycles. The smallest absolute Gasteiger partial charge is 0.421 e. The molecule has 1 aliphatic rings. The third-order valence-electron chi connectivity index (χ3n) is 3.13. The lowest BCUT2D eigenvalue weighted by Gasteiger charge is -2.34. The summed E-state index contributed by atoms with van der Waals surface area (Å²) in [4.78, 5) is 13.4. The van der Waals surface area contributed by atoms with Crippen molar-refractivity contribution in [1.82, 2.24) is 13.9 Å². The van der Waals surface area contributed by atoms with Gasteiger partial charge in [0.15, 0.2) is 0 Å². The van der Waals surface area contributed by atoms with Crippen molar-refractivity contribution in [3.63, 3.8) is 0 Å². The Kier molecular flexibility index (Phi) is 6.66. The molecule has 9 heteroatoms. The van der Waals surface area contributed by atoms with E-state index in [-0.39, 0.29) is 6.61 Å². The summed E-state index contributed by atoms with van der Waals surface area (Å²) in [6.07, 6.45) is -0.938. The van der Waals surface area contributed by atoms with Crippen LogP contribution in [0.15, 0.2) is 0 Å². The van der Waals surface area contributed by atoms with Gasteiger partial charge in [-0.1, -0.05) is 6.92 Å². The van der Waals surface area contributed by atoms with Crippen molar-refractivity contribution in [2.75, 3.05) is 45.9 Å². The molecule has 1 unspecified atom stereocenters. The maximum atomic E-state index is 11.9. The van der Waals surface area contributed by atoms with Gasteiger partial charge in [-0.3, -0.25) is 0 Å². The fraction of sp³-hybridized carbons (Fsp3) is 0.909. The Bertz CT molecular complexity index is 407. The summed E-state index contributed by atoms with van der Waals surface area (Å²) in [7, 11) is -3.80. The molecule has 3 N–H and O–H groups in total. The number of amides is 1. The molecule has 1 saturated heterocycles. The topological polar surface area (TPSA) is 105 Å². The van der Waals surface area contributed by atoms with E-state index in [1.807, 2.05) is 4.72 Å². The maximum absolute atomic E-state index is 11.9. The summed E-state index contributed by atoms with van der Waals surface area (Å²) in [6, 6.07) is 0. The number of nitrogens with one attached hydrogen (secondary N) is 1. The molecule has 0 aromatic carbocycles. The maximum Gasteiger partial charge on any atom is 0.421 e. The second-order valence-electron chi connectivity index (χ2n) is 4.87. The summed E-state index contributed by atoms with van der Waals surface area (Å²) < 4.78 is 31.6. The zero-order valence-electron chi connectivity index (χ0n) is 12.0. The predicted octanol–water partition coefficient (Wildman–Crippen LogP) is -0.810. The monoisotopic (exact) mass is 308 g/mol. The zero-order chi connectivity index (χ0) is 15.2. The fourth-order valence-corrected chi connectivity index (χ4v) is 3.04. The Hall–Kier alpha value is -0.900. The van der Waals surface area contributed by atoms with Gasteiger partial charge in [0.2, 0.25) is 0 Å². The first-order valence-corrected chi connectivity index (χ1v) is 8.20. The normalized spacial score (nSPS) is 19.6. The van der Waals surface area contributed by atoms with Crippen LogP contribution in [0.4, 0.5) is 4.79 Å². The summed E-state index contributed by atoms with van der Waals surface area (Å²) in [5.41, 5.74) is 5.57. The largest absolute Gasteiger partial charge is 0.449 e. The third kappa shape index (κ3) is 5.23. The van der Waals surface area contributed by atoms with E-state index in [0.717, 1.165) is 6.54 Å². The van der Waals surface area contributed by atoms with Gasteiger partial charge < -0.3 is 15.4 Å². The van der Waals surface area contributed by atoms with Crippen LogP contribution in [0, 0.1) is 5.92 Å². The van der Waals surface area contributed by atoms with Gasteiger partial charge in [-0.15, -0.1) is 0 Å². The molecular formula is C11H24N4O4S. The standard InChI is InChI=1S/C11H24N4O4S/c1-3-19-11(16)13-20(17,18)15-6-4-14(5-7-15)9-10(2)8-12/h10H,3-9,12H2,1-2H3,(H,13,16). The van der Waals surface area contributed by atoms with Crippen LogP contribution in [0.3, 0.4) is 0 Å². The van der Waals surface area contributed by atoms with Crippen molar-refractivity contribution in [3.8, 4) is 0 Å². The number of piperazine rings is 1. The van der Waals surface area contributed by atoms with Gasteiger partial charge in [0.25, 0.3) is 0 Å². The van der Waals surface area contributed by atoms with E-state index in [1.165, 1.54) is 4.31 Å².